The molecule has 0 aromatic rings. The molecule has 68 valence electrons. The van der Waals surface area contributed by atoms with Crippen LogP contribution in [0.4, 0.5) is 13.2 Å². The first-order valence-corrected chi connectivity index (χ1v) is 3.86. The Labute approximate surface area is 92.2 Å². The zero-order valence-electron chi connectivity index (χ0n) is 6.39. The molecule has 0 amide bonds. The Morgan fingerprint density at radius 1 is 1.42 bits per heavy atom. The van der Waals surface area contributed by atoms with Gasteiger partial charge in [0.2, 0.25) is 0 Å². The minimum atomic E-state index is -4.38. The van der Waals surface area contributed by atoms with E-state index >= 15 is 0 Å². The fourth-order valence-corrected chi connectivity index (χ4v) is 0.569. The van der Waals surface area contributed by atoms with Gasteiger partial charge in [-0.15, -0.1) is 0 Å². The third-order valence-electron chi connectivity index (χ3n) is 0.660. The van der Waals surface area contributed by atoms with Gasteiger partial charge in [0.25, 0.3) is 0 Å². The third kappa shape index (κ3) is 13.4. The van der Waals surface area contributed by atoms with E-state index in [2.05, 4.69) is 4.74 Å². The summed E-state index contributed by atoms with van der Waals surface area (Å²) in [6.45, 7) is -1.82. The number of rotatable bonds is 4. The van der Waals surface area contributed by atoms with E-state index in [1.165, 1.54) is 0 Å². The molecule has 0 heterocycles. The number of hydrogen-bond acceptors (Lipinski definition) is 3. The summed E-state index contributed by atoms with van der Waals surface area (Å²) in [5.41, 5.74) is 0. The molecule has 0 saturated heterocycles. The number of halogens is 3. The van der Waals surface area contributed by atoms with E-state index in [1.54, 1.807) is 0 Å². The Balaban J connectivity index is 0. The summed E-state index contributed by atoms with van der Waals surface area (Å²) in [5, 5.41) is 0. The molecule has 1 unspecified atom stereocenters. The van der Waals surface area contributed by atoms with Crippen LogP contribution in [0, 0.1) is 0 Å². The second-order valence-electron chi connectivity index (χ2n) is 1.68. The van der Waals surface area contributed by atoms with Crippen molar-refractivity contribution in [2.24, 2.45) is 0 Å². The van der Waals surface area contributed by atoms with Crippen LogP contribution in [0.25, 0.3) is 0 Å². The Kier molecular flexibility index (Phi) is 9.31. The molecule has 0 aromatic carbocycles. The predicted molar refractivity (Wildman–Crippen MR) is 30.7 cm³/mol. The van der Waals surface area contributed by atoms with Gasteiger partial charge in [-0.2, -0.15) is 13.2 Å². The van der Waals surface area contributed by atoms with Crippen LogP contribution in [0.3, 0.4) is 0 Å². The SMILES string of the molecule is O=S([O-])CCOCC(F)(F)F.[Na+]. The maximum absolute atomic E-state index is 11.3. The Bertz CT molecular complexity index is 140. The summed E-state index contributed by atoms with van der Waals surface area (Å²) in [6.07, 6.45) is -4.38. The molecule has 0 saturated carbocycles. The second-order valence-corrected chi connectivity index (χ2v) is 2.69. The minimum Gasteiger partial charge on any atom is -0.772 e. The monoisotopic (exact) mass is 214 g/mol. The molecule has 0 aromatic heterocycles. The van der Waals surface area contributed by atoms with E-state index in [1.807, 2.05) is 0 Å². The minimum absolute atomic E-state index is 0. The molecule has 0 aliphatic rings. The van der Waals surface area contributed by atoms with Gasteiger partial charge in [-0.1, -0.05) is 11.1 Å². The maximum atomic E-state index is 11.3. The molecule has 0 aliphatic heterocycles. The van der Waals surface area contributed by atoms with Crippen molar-refractivity contribution in [1.82, 2.24) is 0 Å². The van der Waals surface area contributed by atoms with Crippen LogP contribution in [0.15, 0.2) is 0 Å². The van der Waals surface area contributed by atoms with Gasteiger partial charge in [-0.05, 0) is 0 Å². The van der Waals surface area contributed by atoms with Crippen molar-refractivity contribution in [2.75, 3.05) is 19.0 Å². The van der Waals surface area contributed by atoms with Crippen molar-refractivity contribution in [3.63, 3.8) is 0 Å². The van der Waals surface area contributed by atoms with Crippen molar-refractivity contribution < 1.29 is 56.2 Å². The summed E-state index contributed by atoms with van der Waals surface area (Å²) in [7, 11) is 0. The Morgan fingerprint density at radius 3 is 2.25 bits per heavy atom. The van der Waals surface area contributed by atoms with E-state index in [0.717, 1.165) is 0 Å². The van der Waals surface area contributed by atoms with Crippen molar-refractivity contribution in [1.29, 1.82) is 0 Å². The molecule has 0 N–H and O–H groups in total. The zero-order valence-corrected chi connectivity index (χ0v) is 9.20. The maximum Gasteiger partial charge on any atom is 1.00 e. The van der Waals surface area contributed by atoms with E-state index in [9.17, 15) is 21.9 Å². The molecule has 1 atom stereocenters. The van der Waals surface area contributed by atoms with Crippen molar-refractivity contribution in [3.05, 3.63) is 0 Å². The van der Waals surface area contributed by atoms with Crippen LogP contribution in [0.1, 0.15) is 0 Å². The van der Waals surface area contributed by atoms with Crippen LogP contribution in [0.2, 0.25) is 0 Å². The van der Waals surface area contributed by atoms with E-state index in [-0.39, 0.29) is 29.6 Å². The van der Waals surface area contributed by atoms with Crippen LogP contribution in [-0.4, -0.2) is 33.9 Å². The average Bonchev–Trinajstić information content (AvgIpc) is 1.78. The van der Waals surface area contributed by atoms with Crippen LogP contribution in [0.5, 0.6) is 0 Å². The van der Waals surface area contributed by atoms with E-state index < -0.39 is 36.2 Å². The Morgan fingerprint density at radius 2 is 1.92 bits per heavy atom. The van der Waals surface area contributed by atoms with Gasteiger partial charge in [-0.3, -0.25) is 4.21 Å². The molecular formula is C4H6F3NaO3S. The fraction of sp³-hybridized carbons (Fsp3) is 1.00. The summed E-state index contributed by atoms with van der Waals surface area (Å²) in [6, 6.07) is 0. The average molecular weight is 214 g/mol. The van der Waals surface area contributed by atoms with Crippen molar-refractivity contribution in [3.8, 4) is 0 Å². The first kappa shape index (κ1) is 15.3. The summed E-state index contributed by atoms with van der Waals surface area (Å²) < 4.78 is 57.4. The topological polar surface area (TPSA) is 49.4 Å². The van der Waals surface area contributed by atoms with Crippen molar-refractivity contribution in [2.45, 2.75) is 6.18 Å². The molecule has 0 aliphatic carbocycles. The van der Waals surface area contributed by atoms with Gasteiger partial charge < -0.3 is 9.29 Å². The molecule has 8 heteroatoms. The largest absolute Gasteiger partial charge is 1.00 e. The normalized spacial score (nSPS) is 13.7. The fourth-order valence-electron chi connectivity index (χ4n) is 0.315. The second kappa shape index (κ2) is 7.28. The molecule has 0 rings (SSSR count). The van der Waals surface area contributed by atoms with Gasteiger partial charge in [0, 0.05) is 5.75 Å². The van der Waals surface area contributed by atoms with Crippen molar-refractivity contribution >= 4 is 11.1 Å². The van der Waals surface area contributed by atoms with Gasteiger partial charge >= 0.3 is 35.7 Å². The molecule has 12 heavy (non-hydrogen) atoms. The third-order valence-corrected chi connectivity index (χ3v) is 1.16. The molecule has 3 nitrogen and oxygen atoms in total. The Hall–Kier alpha value is 0.860. The number of ether oxygens (including phenoxy) is 1. The van der Waals surface area contributed by atoms with Gasteiger partial charge in [0.15, 0.2) is 0 Å². The van der Waals surface area contributed by atoms with Gasteiger partial charge in [-0.25, -0.2) is 0 Å². The molecular weight excluding hydrogens is 208 g/mol. The van der Waals surface area contributed by atoms with Crippen LogP contribution >= 0.6 is 0 Å². The zero-order chi connectivity index (χ0) is 8.91. The summed E-state index contributed by atoms with van der Waals surface area (Å²) >= 11 is -2.34. The van der Waals surface area contributed by atoms with Gasteiger partial charge in [0.1, 0.15) is 6.61 Å². The molecule has 0 fully saturated rings. The smallest absolute Gasteiger partial charge is 0.772 e. The summed E-state index contributed by atoms with van der Waals surface area (Å²) in [4.78, 5) is 0. The quantitative estimate of drug-likeness (QED) is 0.294. The van der Waals surface area contributed by atoms with E-state index in [0.29, 0.717) is 0 Å². The van der Waals surface area contributed by atoms with Crippen LogP contribution < -0.4 is 29.6 Å². The molecule has 0 bridgehead atoms. The first-order chi connectivity index (χ1) is 4.92. The first-order valence-electron chi connectivity index (χ1n) is 2.62. The standard InChI is InChI=1S/C4H7F3O3S.Na/c5-4(6,7)3-10-1-2-11(8)9;/h1-3H2,(H,8,9);/q;+1/p-1. The molecule has 0 radical (unpaired) electrons. The number of hydrogen-bond donors (Lipinski definition) is 0. The molecule has 0 spiro atoms. The number of alkyl halides is 3. The summed E-state index contributed by atoms with van der Waals surface area (Å²) in [5.74, 6) is -0.407. The van der Waals surface area contributed by atoms with Crippen LogP contribution in [-0.2, 0) is 15.8 Å². The van der Waals surface area contributed by atoms with Gasteiger partial charge in [0.05, 0.1) is 6.61 Å². The van der Waals surface area contributed by atoms with E-state index in [4.69, 9.17) is 0 Å². The predicted octanol–water partition coefficient (Wildman–Crippen LogP) is -2.55.